The van der Waals surface area contributed by atoms with Crippen LogP contribution in [0, 0.1) is 5.41 Å². The summed E-state index contributed by atoms with van der Waals surface area (Å²) in [6, 6.07) is 7.57. The summed E-state index contributed by atoms with van der Waals surface area (Å²) in [4.78, 5) is 13.8. The van der Waals surface area contributed by atoms with E-state index >= 15 is 0 Å². The SMILES string of the molecule is CC(O)CC(C)(C)CNC(=O)N(C)CCc1ccc(Cl)cc1. The van der Waals surface area contributed by atoms with E-state index in [1.165, 1.54) is 0 Å². The van der Waals surface area contributed by atoms with Gasteiger partial charge in [-0.25, -0.2) is 4.79 Å². The number of nitrogens with one attached hydrogen (secondary N) is 1. The first kappa shape index (κ1) is 18.8. The van der Waals surface area contributed by atoms with Gasteiger partial charge in [0.15, 0.2) is 0 Å². The van der Waals surface area contributed by atoms with Crippen LogP contribution < -0.4 is 5.32 Å². The van der Waals surface area contributed by atoms with Crippen LogP contribution >= 0.6 is 11.6 Å². The third-order valence-electron chi connectivity index (χ3n) is 3.56. The molecule has 0 saturated carbocycles. The Morgan fingerprint density at radius 3 is 2.50 bits per heavy atom. The highest BCUT2D eigenvalue weighted by Gasteiger charge is 2.21. The van der Waals surface area contributed by atoms with Crippen LogP contribution in [0.15, 0.2) is 24.3 Å². The molecule has 0 fully saturated rings. The normalized spacial score (nSPS) is 12.8. The molecule has 0 aliphatic heterocycles. The zero-order chi connectivity index (χ0) is 16.8. The Kier molecular flexibility index (Phi) is 7.17. The second kappa shape index (κ2) is 8.39. The number of rotatable bonds is 7. The first-order valence-electron chi connectivity index (χ1n) is 7.61. The average molecular weight is 327 g/mol. The number of hydrogen-bond donors (Lipinski definition) is 2. The number of halogens is 1. The molecule has 0 bridgehead atoms. The van der Waals surface area contributed by atoms with Crippen molar-refractivity contribution in [2.45, 2.75) is 39.7 Å². The van der Waals surface area contributed by atoms with Crippen LogP contribution in [0.3, 0.4) is 0 Å². The fourth-order valence-corrected chi connectivity index (χ4v) is 2.50. The van der Waals surface area contributed by atoms with Gasteiger partial charge in [0.25, 0.3) is 0 Å². The minimum atomic E-state index is -0.366. The molecule has 0 aliphatic carbocycles. The van der Waals surface area contributed by atoms with Crippen molar-refractivity contribution in [3.05, 3.63) is 34.9 Å². The van der Waals surface area contributed by atoms with Crippen molar-refractivity contribution in [1.82, 2.24) is 10.2 Å². The lowest BCUT2D eigenvalue weighted by Gasteiger charge is -2.28. The van der Waals surface area contributed by atoms with E-state index in [1.807, 2.05) is 38.1 Å². The Bertz CT molecular complexity index is 472. The van der Waals surface area contributed by atoms with E-state index in [-0.39, 0.29) is 17.6 Å². The summed E-state index contributed by atoms with van der Waals surface area (Å²) in [5.41, 5.74) is 1.03. The van der Waals surface area contributed by atoms with Gasteiger partial charge in [0.1, 0.15) is 0 Å². The Morgan fingerprint density at radius 2 is 1.95 bits per heavy atom. The second-order valence-electron chi connectivity index (χ2n) is 6.67. The van der Waals surface area contributed by atoms with Crippen molar-refractivity contribution in [1.29, 1.82) is 0 Å². The molecular weight excluding hydrogens is 300 g/mol. The highest BCUT2D eigenvalue weighted by molar-refractivity contribution is 6.30. The van der Waals surface area contributed by atoms with Gasteiger partial charge in [0.05, 0.1) is 6.10 Å². The summed E-state index contributed by atoms with van der Waals surface area (Å²) in [5.74, 6) is 0. The van der Waals surface area contributed by atoms with Crippen LogP contribution in [-0.2, 0) is 6.42 Å². The molecule has 124 valence electrons. The van der Waals surface area contributed by atoms with Gasteiger partial charge in [-0.3, -0.25) is 0 Å². The van der Waals surface area contributed by atoms with Crippen LogP contribution in [0.2, 0.25) is 5.02 Å². The minimum Gasteiger partial charge on any atom is -0.393 e. The summed E-state index contributed by atoms with van der Waals surface area (Å²) < 4.78 is 0. The molecule has 1 aromatic rings. The number of likely N-dealkylation sites (N-methyl/N-ethyl adjacent to an activating group) is 1. The molecule has 2 N–H and O–H groups in total. The molecule has 0 radical (unpaired) electrons. The number of carbonyl (C=O) groups excluding carboxylic acids is 1. The van der Waals surface area contributed by atoms with Gasteiger partial charge < -0.3 is 15.3 Å². The number of nitrogens with zero attached hydrogens (tertiary/aromatic N) is 1. The number of carbonyl (C=O) groups is 1. The van der Waals surface area contributed by atoms with E-state index in [0.29, 0.717) is 19.5 Å². The van der Waals surface area contributed by atoms with E-state index in [0.717, 1.165) is 17.0 Å². The largest absolute Gasteiger partial charge is 0.393 e. The van der Waals surface area contributed by atoms with Crippen LogP contribution in [0.4, 0.5) is 4.79 Å². The molecule has 0 aliphatic rings. The molecule has 0 aromatic heterocycles. The van der Waals surface area contributed by atoms with Crippen LogP contribution in [0.25, 0.3) is 0 Å². The summed E-state index contributed by atoms with van der Waals surface area (Å²) in [5, 5.41) is 13.1. The Morgan fingerprint density at radius 1 is 1.36 bits per heavy atom. The van der Waals surface area contributed by atoms with Gasteiger partial charge in [-0.05, 0) is 42.9 Å². The van der Waals surface area contributed by atoms with Crippen LogP contribution in [0.1, 0.15) is 32.8 Å². The predicted molar refractivity (Wildman–Crippen MR) is 91.3 cm³/mol. The summed E-state index contributed by atoms with van der Waals surface area (Å²) >= 11 is 5.85. The quantitative estimate of drug-likeness (QED) is 0.807. The molecule has 4 nitrogen and oxygen atoms in total. The van der Waals surface area contributed by atoms with E-state index in [4.69, 9.17) is 11.6 Å². The average Bonchev–Trinajstić information content (AvgIpc) is 2.42. The van der Waals surface area contributed by atoms with Crippen molar-refractivity contribution >= 4 is 17.6 Å². The monoisotopic (exact) mass is 326 g/mol. The molecule has 0 heterocycles. The van der Waals surface area contributed by atoms with Crippen molar-refractivity contribution in [3.63, 3.8) is 0 Å². The lowest BCUT2D eigenvalue weighted by Crippen LogP contribution is -2.43. The van der Waals surface area contributed by atoms with Gasteiger partial charge >= 0.3 is 6.03 Å². The van der Waals surface area contributed by atoms with Gasteiger partial charge in [-0.2, -0.15) is 0 Å². The van der Waals surface area contributed by atoms with Crippen LogP contribution in [0.5, 0.6) is 0 Å². The maximum atomic E-state index is 12.1. The first-order valence-corrected chi connectivity index (χ1v) is 7.99. The van der Waals surface area contributed by atoms with Crippen LogP contribution in [-0.4, -0.2) is 42.3 Å². The van der Waals surface area contributed by atoms with E-state index in [2.05, 4.69) is 5.32 Å². The fraction of sp³-hybridized carbons (Fsp3) is 0.588. The number of amides is 2. The summed E-state index contributed by atoms with van der Waals surface area (Å²) in [6.45, 7) is 7.02. The molecule has 5 heteroatoms. The van der Waals surface area contributed by atoms with Crippen molar-refractivity contribution in [3.8, 4) is 0 Å². The van der Waals surface area contributed by atoms with Crippen molar-refractivity contribution in [2.24, 2.45) is 5.41 Å². The second-order valence-corrected chi connectivity index (χ2v) is 7.11. The molecule has 0 saturated heterocycles. The summed E-state index contributed by atoms with van der Waals surface area (Å²) in [6.07, 6.45) is 1.08. The lowest BCUT2D eigenvalue weighted by atomic mass is 9.87. The number of aliphatic hydroxyl groups is 1. The smallest absolute Gasteiger partial charge is 0.317 e. The van der Waals surface area contributed by atoms with Gasteiger partial charge in [-0.1, -0.05) is 37.6 Å². The number of hydrogen-bond acceptors (Lipinski definition) is 2. The fourth-order valence-electron chi connectivity index (χ4n) is 2.37. The number of urea groups is 1. The van der Waals surface area contributed by atoms with Gasteiger partial charge in [0.2, 0.25) is 0 Å². The third-order valence-corrected chi connectivity index (χ3v) is 3.81. The Balaban J connectivity index is 2.37. The predicted octanol–water partition coefficient (Wildman–Crippen LogP) is 3.32. The minimum absolute atomic E-state index is 0.0902. The zero-order valence-corrected chi connectivity index (χ0v) is 14.7. The topological polar surface area (TPSA) is 52.6 Å². The maximum Gasteiger partial charge on any atom is 0.317 e. The van der Waals surface area contributed by atoms with E-state index in [1.54, 1.807) is 18.9 Å². The Labute approximate surface area is 138 Å². The number of benzene rings is 1. The van der Waals surface area contributed by atoms with E-state index < -0.39 is 0 Å². The molecule has 1 aromatic carbocycles. The molecular formula is C17H27ClN2O2. The molecule has 2 amide bonds. The maximum absolute atomic E-state index is 12.1. The lowest BCUT2D eigenvalue weighted by molar-refractivity contribution is 0.127. The van der Waals surface area contributed by atoms with Gasteiger partial charge in [-0.15, -0.1) is 0 Å². The molecule has 1 atom stereocenters. The molecule has 0 spiro atoms. The zero-order valence-electron chi connectivity index (χ0n) is 13.9. The van der Waals surface area contributed by atoms with Gasteiger partial charge in [0, 0.05) is 25.2 Å². The molecule has 22 heavy (non-hydrogen) atoms. The molecule has 1 unspecified atom stereocenters. The first-order chi connectivity index (χ1) is 10.2. The number of aliphatic hydroxyl groups excluding tert-OH is 1. The van der Waals surface area contributed by atoms with Crippen molar-refractivity contribution in [2.75, 3.05) is 20.1 Å². The van der Waals surface area contributed by atoms with Crippen molar-refractivity contribution < 1.29 is 9.90 Å². The Hall–Kier alpha value is -1.26. The van der Waals surface area contributed by atoms with E-state index in [9.17, 15) is 9.90 Å². The third kappa shape index (κ3) is 7.14. The standard InChI is InChI=1S/C17H27ClN2O2/c1-13(21)11-17(2,3)12-19-16(22)20(4)10-9-14-5-7-15(18)8-6-14/h5-8,13,21H,9-12H2,1-4H3,(H,19,22). The molecule has 1 rings (SSSR count). The summed E-state index contributed by atoms with van der Waals surface area (Å²) in [7, 11) is 1.78. The highest BCUT2D eigenvalue weighted by Crippen LogP contribution is 2.21. The highest BCUT2D eigenvalue weighted by atomic mass is 35.5.